The molecule has 0 amide bonds. The molecule has 0 fully saturated rings. The molecule has 10 rings (SSSR count). The number of fused-ring (bicyclic) bond motifs is 4. The second-order valence-corrected chi connectivity index (χ2v) is 23.0. The van der Waals surface area contributed by atoms with Crippen molar-refractivity contribution in [2.75, 3.05) is 9.80 Å². The van der Waals surface area contributed by atoms with E-state index >= 15 is 0 Å². The molecule has 9 aromatic rings. The zero-order valence-corrected chi connectivity index (χ0v) is 45.3. The van der Waals surface area contributed by atoms with Gasteiger partial charge in [0.05, 0.1) is 0 Å². The summed E-state index contributed by atoms with van der Waals surface area (Å²) in [5.74, 6) is 1.49. The molecular weight excluding hydrogens is 1050 g/mol. The first kappa shape index (κ1) is 45.7. The number of pyridine rings is 1. The third-order valence-electron chi connectivity index (χ3n) is 13.7. The third kappa shape index (κ3) is 9.71. The number of anilines is 4. The van der Waals surface area contributed by atoms with Crippen LogP contribution in [0.4, 0.5) is 22.7 Å². The Morgan fingerprint density at radius 2 is 1.15 bits per heavy atom. The second kappa shape index (κ2) is 18.3. The van der Waals surface area contributed by atoms with Crippen molar-refractivity contribution in [3.8, 4) is 39.6 Å². The summed E-state index contributed by atoms with van der Waals surface area (Å²) >= 11 is 0. The molecule has 1 aliphatic heterocycles. The Hall–Kier alpha value is -6.42. The van der Waals surface area contributed by atoms with E-state index < -0.39 is 6.85 Å². The van der Waals surface area contributed by atoms with Crippen LogP contribution >= 0.6 is 0 Å². The molecule has 6 heteroatoms. The standard InChI is InChI=1S/C65H65N4O.Pt/c1-42-32-61(66-40-56(42)44-22-25-46(26-23-44)62(2,3)4)69-58-37-47(63(5,6)7)27-29-54(58)55-30-28-53(39-59(55)69)70-52-21-17-20-50(38-52)67-41-68(51-35-48(64(8,9)10)34-49(36-51)65(11,12)13)57-31-24-45(33-60(57)67)43-18-15-14-16-19-43;/h14-37,40-41H,1-13H3;/q-3;/i1D3;. The first-order valence-electron chi connectivity index (χ1n) is 25.9. The Kier molecular flexibility index (Phi) is 11.8. The van der Waals surface area contributed by atoms with Crippen LogP contribution in [0.3, 0.4) is 0 Å². The predicted molar refractivity (Wildman–Crippen MR) is 295 cm³/mol. The van der Waals surface area contributed by atoms with Crippen molar-refractivity contribution in [1.29, 1.82) is 0 Å². The summed E-state index contributed by atoms with van der Waals surface area (Å²) < 4.78 is 35.1. The number of aromatic nitrogens is 2. The Labute approximate surface area is 441 Å². The van der Waals surface area contributed by atoms with Crippen molar-refractivity contribution in [3.63, 3.8) is 0 Å². The van der Waals surface area contributed by atoms with Crippen molar-refractivity contribution >= 4 is 44.6 Å². The summed E-state index contributed by atoms with van der Waals surface area (Å²) in [6.45, 7) is 26.5. The number of nitrogens with zero attached hydrogens (tertiary/aromatic N) is 4. The van der Waals surface area contributed by atoms with Crippen LogP contribution in [-0.4, -0.2) is 9.55 Å². The van der Waals surface area contributed by atoms with E-state index in [0.29, 0.717) is 22.9 Å². The van der Waals surface area contributed by atoms with Crippen molar-refractivity contribution in [2.45, 2.75) is 112 Å². The zero-order chi connectivity index (χ0) is 52.0. The molecule has 0 saturated heterocycles. The van der Waals surface area contributed by atoms with Gasteiger partial charge in [-0.25, -0.2) is 4.98 Å². The van der Waals surface area contributed by atoms with Gasteiger partial charge < -0.3 is 19.1 Å². The van der Waals surface area contributed by atoms with E-state index in [9.17, 15) is 0 Å². The maximum atomic E-state index is 8.77. The molecule has 364 valence electrons. The molecule has 0 N–H and O–H groups in total. The summed E-state index contributed by atoms with van der Waals surface area (Å²) in [6.07, 6.45) is 1.71. The summed E-state index contributed by atoms with van der Waals surface area (Å²) in [7, 11) is 0. The molecule has 0 atom stereocenters. The number of benzene rings is 7. The van der Waals surface area contributed by atoms with E-state index in [-0.39, 0.29) is 48.3 Å². The molecule has 3 heterocycles. The van der Waals surface area contributed by atoms with Gasteiger partial charge >= 0.3 is 0 Å². The van der Waals surface area contributed by atoms with Crippen LogP contribution in [0.5, 0.6) is 11.5 Å². The zero-order valence-electron chi connectivity index (χ0n) is 46.0. The number of ether oxygens (including phenoxy) is 1. The summed E-state index contributed by atoms with van der Waals surface area (Å²) in [6, 6.07) is 57.8. The number of hydrogen-bond donors (Lipinski definition) is 0. The fourth-order valence-corrected chi connectivity index (χ4v) is 9.37. The fourth-order valence-electron chi connectivity index (χ4n) is 9.37. The van der Waals surface area contributed by atoms with E-state index in [1.807, 2.05) is 41.0 Å². The fraction of sp³-hybridized carbons (Fsp3) is 0.262. The molecule has 0 saturated carbocycles. The van der Waals surface area contributed by atoms with Gasteiger partial charge in [-0.1, -0.05) is 167 Å². The van der Waals surface area contributed by atoms with E-state index in [1.54, 1.807) is 12.3 Å². The maximum Gasteiger partial charge on any atom is 0.135 e. The monoisotopic (exact) mass is 1120 g/mol. The maximum absolute atomic E-state index is 8.77. The van der Waals surface area contributed by atoms with Crippen LogP contribution in [0.15, 0.2) is 152 Å². The van der Waals surface area contributed by atoms with Crippen molar-refractivity contribution in [1.82, 2.24) is 9.55 Å². The Morgan fingerprint density at radius 3 is 1.82 bits per heavy atom. The normalized spacial score (nSPS) is 14.0. The average Bonchev–Trinajstić information content (AvgIpc) is 3.88. The SMILES string of the molecule is [2H]C([2H])([2H])c1cc(-n2c3[c-]c(Oc4[c-]c(N5[CH-]N(c6cc(C(C)(C)C)cc(C(C)(C)C)c6)c6ccc(-c7ccccc7)cc65)ccc4)ccc3c3ccc(C(C)(C)C)cc32)ncc1-c1ccc(C(C)(C)C)cc1.[Pt]. The minimum atomic E-state index is -2.41. The van der Waals surface area contributed by atoms with Gasteiger partial charge in [-0.15, -0.1) is 48.1 Å². The van der Waals surface area contributed by atoms with Gasteiger partial charge in [0, 0.05) is 71.0 Å². The van der Waals surface area contributed by atoms with Crippen LogP contribution in [-0.2, 0) is 42.7 Å². The molecule has 0 bridgehead atoms. The van der Waals surface area contributed by atoms with Gasteiger partial charge in [0.15, 0.2) is 0 Å². The van der Waals surface area contributed by atoms with Gasteiger partial charge in [-0.2, -0.15) is 12.1 Å². The van der Waals surface area contributed by atoms with Gasteiger partial charge in [0.2, 0.25) is 0 Å². The first-order valence-corrected chi connectivity index (χ1v) is 24.4. The molecule has 7 aromatic carbocycles. The quantitative estimate of drug-likeness (QED) is 0.149. The predicted octanol–water partition coefficient (Wildman–Crippen LogP) is 17.8. The molecule has 2 aromatic heterocycles. The molecule has 0 unspecified atom stereocenters. The van der Waals surface area contributed by atoms with Crippen LogP contribution in [0, 0.1) is 25.7 Å². The van der Waals surface area contributed by atoms with Gasteiger partial charge in [0.25, 0.3) is 0 Å². The summed E-state index contributed by atoms with van der Waals surface area (Å²) in [5, 5.41) is 1.95. The topological polar surface area (TPSA) is 33.5 Å². The molecule has 71 heavy (non-hydrogen) atoms. The molecule has 0 radical (unpaired) electrons. The van der Waals surface area contributed by atoms with E-state index in [4.69, 9.17) is 13.8 Å². The minimum Gasteiger partial charge on any atom is -0.509 e. The second-order valence-electron chi connectivity index (χ2n) is 23.0. The number of aryl methyl sites for hydroxylation is 1. The largest absolute Gasteiger partial charge is 0.509 e. The van der Waals surface area contributed by atoms with E-state index in [1.165, 1.54) is 16.7 Å². The molecular formula is C65H65N4OPt-3. The van der Waals surface area contributed by atoms with Crippen molar-refractivity contribution < 1.29 is 29.9 Å². The minimum absolute atomic E-state index is 0. The van der Waals surface area contributed by atoms with E-state index in [0.717, 1.165) is 66.8 Å². The van der Waals surface area contributed by atoms with Crippen LogP contribution in [0.25, 0.3) is 49.9 Å². The Morgan fingerprint density at radius 1 is 0.521 bits per heavy atom. The van der Waals surface area contributed by atoms with Gasteiger partial charge in [-0.3, -0.25) is 0 Å². The molecule has 5 nitrogen and oxygen atoms in total. The van der Waals surface area contributed by atoms with Crippen LogP contribution in [0.1, 0.15) is 115 Å². The number of rotatable bonds is 7. The molecule has 0 spiro atoms. The van der Waals surface area contributed by atoms with Gasteiger partial charge in [0.1, 0.15) is 5.82 Å². The van der Waals surface area contributed by atoms with Gasteiger partial charge in [-0.05, 0) is 115 Å². The smallest absolute Gasteiger partial charge is 0.135 e. The molecule has 1 aliphatic rings. The number of hydrogen-bond acceptors (Lipinski definition) is 4. The van der Waals surface area contributed by atoms with Crippen molar-refractivity contribution in [3.05, 3.63) is 198 Å². The van der Waals surface area contributed by atoms with Crippen LogP contribution < -0.4 is 14.5 Å². The van der Waals surface area contributed by atoms with Crippen LogP contribution in [0.2, 0.25) is 0 Å². The average molecular weight is 1120 g/mol. The summed E-state index contributed by atoms with van der Waals surface area (Å²) in [4.78, 5) is 9.53. The van der Waals surface area contributed by atoms with Crippen molar-refractivity contribution in [2.24, 2.45) is 0 Å². The summed E-state index contributed by atoms with van der Waals surface area (Å²) in [5.41, 5.74) is 14.1. The Balaban J connectivity index is 0.00000672. The molecule has 0 aliphatic carbocycles. The first-order chi connectivity index (χ1) is 34.3. The Bertz CT molecular complexity index is 3520. The third-order valence-corrected chi connectivity index (χ3v) is 13.7. The van der Waals surface area contributed by atoms with E-state index in [2.05, 4.69) is 215 Å².